The van der Waals surface area contributed by atoms with E-state index in [-0.39, 0.29) is 11.3 Å². The number of anilines is 1. The van der Waals surface area contributed by atoms with Crippen LogP contribution in [0.2, 0.25) is 0 Å². The van der Waals surface area contributed by atoms with Crippen LogP contribution < -0.4 is 10.1 Å². The number of carbonyl (C=O) groups is 1. The van der Waals surface area contributed by atoms with Gasteiger partial charge in [0.1, 0.15) is 17.4 Å². The summed E-state index contributed by atoms with van der Waals surface area (Å²) in [6, 6.07) is 17.0. The SMILES string of the molecule is CCOc1cccc(NC(=O)/C(C#N)=C\c2cc(C)n(-c3ccc([N+](=O)[O-])cc3)c2C)c1. The van der Waals surface area contributed by atoms with Crippen molar-refractivity contribution in [1.82, 2.24) is 4.57 Å². The van der Waals surface area contributed by atoms with E-state index in [9.17, 15) is 20.2 Å². The molecule has 1 heterocycles. The van der Waals surface area contributed by atoms with Gasteiger partial charge in [-0.05, 0) is 62.7 Å². The van der Waals surface area contributed by atoms with Crippen LogP contribution in [0, 0.1) is 35.3 Å². The molecule has 0 aliphatic heterocycles. The molecular weight excluding hydrogens is 408 g/mol. The van der Waals surface area contributed by atoms with E-state index in [0.717, 1.165) is 17.1 Å². The molecule has 8 heteroatoms. The Bertz CT molecular complexity index is 1230. The second-order valence-electron chi connectivity index (χ2n) is 7.02. The third-order valence-electron chi connectivity index (χ3n) is 4.86. The molecule has 0 bridgehead atoms. The summed E-state index contributed by atoms with van der Waals surface area (Å²) >= 11 is 0. The fourth-order valence-electron chi connectivity index (χ4n) is 3.39. The molecule has 0 aliphatic rings. The molecule has 0 saturated heterocycles. The number of ether oxygens (including phenoxy) is 1. The van der Waals surface area contributed by atoms with Crippen molar-refractivity contribution in [3.8, 4) is 17.5 Å². The van der Waals surface area contributed by atoms with E-state index < -0.39 is 10.8 Å². The highest BCUT2D eigenvalue weighted by Gasteiger charge is 2.15. The van der Waals surface area contributed by atoms with E-state index in [1.165, 1.54) is 18.2 Å². The molecule has 0 fully saturated rings. The molecule has 0 aliphatic carbocycles. The van der Waals surface area contributed by atoms with Gasteiger partial charge in [0.2, 0.25) is 0 Å². The number of amides is 1. The molecule has 0 radical (unpaired) electrons. The Morgan fingerprint density at radius 3 is 2.56 bits per heavy atom. The largest absolute Gasteiger partial charge is 0.494 e. The number of nitriles is 1. The minimum absolute atomic E-state index is 0.00757. The van der Waals surface area contributed by atoms with Crippen LogP contribution in [-0.4, -0.2) is 22.0 Å². The topological polar surface area (TPSA) is 110 Å². The van der Waals surface area contributed by atoms with E-state index in [1.54, 1.807) is 36.4 Å². The Morgan fingerprint density at radius 1 is 1.22 bits per heavy atom. The number of nitrogens with zero attached hydrogens (tertiary/aromatic N) is 3. The first-order chi connectivity index (χ1) is 15.3. The molecule has 0 saturated carbocycles. The highest BCUT2D eigenvalue weighted by atomic mass is 16.6. The first kappa shape index (κ1) is 22.3. The lowest BCUT2D eigenvalue weighted by molar-refractivity contribution is -0.384. The quantitative estimate of drug-likeness (QED) is 0.247. The van der Waals surface area contributed by atoms with Crippen molar-refractivity contribution < 1.29 is 14.5 Å². The average molecular weight is 430 g/mol. The van der Waals surface area contributed by atoms with E-state index in [4.69, 9.17) is 4.74 Å². The van der Waals surface area contributed by atoms with Crippen LogP contribution in [0.15, 0.2) is 60.2 Å². The summed E-state index contributed by atoms with van der Waals surface area (Å²) in [6.07, 6.45) is 1.53. The van der Waals surface area contributed by atoms with Crippen molar-refractivity contribution in [2.45, 2.75) is 20.8 Å². The normalized spacial score (nSPS) is 11.0. The number of nitro groups is 1. The number of carbonyl (C=O) groups excluding carboxylic acids is 1. The van der Waals surface area contributed by atoms with Gasteiger partial charge in [0.15, 0.2) is 0 Å². The van der Waals surface area contributed by atoms with Crippen LogP contribution in [0.5, 0.6) is 5.75 Å². The van der Waals surface area contributed by atoms with Crippen LogP contribution in [0.4, 0.5) is 11.4 Å². The fraction of sp³-hybridized carbons (Fsp3) is 0.167. The molecule has 0 atom stereocenters. The second kappa shape index (κ2) is 9.62. The lowest BCUT2D eigenvalue weighted by atomic mass is 10.1. The van der Waals surface area contributed by atoms with Gasteiger partial charge in [-0.2, -0.15) is 5.26 Å². The first-order valence-corrected chi connectivity index (χ1v) is 9.93. The number of aryl methyl sites for hydroxylation is 1. The highest BCUT2D eigenvalue weighted by molar-refractivity contribution is 6.09. The zero-order valence-corrected chi connectivity index (χ0v) is 18.0. The minimum atomic E-state index is -0.527. The molecule has 3 aromatic rings. The zero-order valence-electron chi connectivity index (χ0n) is 18.0. The maximum absolute atomic E-state index is 12.7. The molecular formula is C24H22N4O4. The third kappa shape index (κ3) is 4.84. The number of nitrogens with one attached hydrogen (secondary N) is 1. The van der Waals surface area contributed by atoms with Crippen LogP contribution in [0.1, 0.15) is 23.9 Å². The van der Waals surface area contributed by atoms with Crippen molar-refractivity contribution >= 4 is 23.4 Å². The van der Waals surface area contributed by atoms with E-state index >= 15 is 0 Å². The number of rotatable bonds is 7. The lowest BCUT2D eigenvalue weighted by Gasteiger charge is -2.09. The molecule has 1 amide bonds. The molecule has 3 rings (SSSR count). The Kier molecular flexibility index (Phi) is 6.71. The molecule has 0 spiro atoms. The van der Waals surface area contributed by atoms with E-state index in [1.807, 2.05) is 37.5 Å². The molecule has 8 nitrogen and oxygen atoms in total. The summed E-state index contributed by atoms with van der Waals surface area (Å²) in [5.41, 5.74) is 3.61. The number of nitro benzene ring substituents is 1. The standard InChI is InChI=1S/C24H22N4O4/c1-4-32-23-7-5-6-20(14-23)26-24(29)19(15-25)13-18-12-16(2)27(17(18)3)21-8-10-22(11-9-21)28(30)31/h5-14H,4H2,1-3H3,(H,26,29)/b19-13-. The minimum Gasteiger partial charge on any atom is -0.494 e. The number of hydrogen-bond acceptors (Lipinski definition) is 5. The molecule has 1 N–H and O–H groups in total. The average Bonchev–Trinajstić information content (AvgIpc) is 3.05. The summed E-state index contributed by atoms with van der Waals surface area (Å²) in [5, 5.41) is 23.2. The van der Waals surface area contributed by atoms with Crippen LogP contribution in [0.25, 0.3) is 11.8 Å². The molecule has 0 unspecified atom stereocenters. The summed E-state index contributed by atoms with van der Waals surface area (Å²) in [4.78, 5) is 23.1. The van der Waals surface area contributed by atoms with Crippen molar-refractivity contribution in [1.29, 1.82) is 5.26 Å². The predicted octanol–water partition coefficient (Wildman–Crippen LogP) is 4.95. The van der Waals surface area contributed by atoms with E-state index in [0.29, 0.717) is 23.6 Å². The smallest absolute Gasteiger partial charge is 0.269 e. The van der Waals surface area contributed by atoms with E-state index in [2.05, 4.69) is 5.32 Å². The Hall–Kier alpha value is -4.38. The van der Waals surface area contributed by atoms with Gasteiger partial charge in [-0.3, -0.25) is 14.9 Å². The summed E-state index contributed by atoms with van der Waals surface area (Å²) < 4.78 is 7.34. The summed E-state index contributed by atoms with van der Waals surface area (Å²) in [5.74, 6) is 0.0979. The Balaban J connectivity index is 1.88. The Morgan fingerprint density at radius 2 is 1.94 bits per heavy atom. The van der Waals surface area contributed by atoms with Gasteiger partial charge < -0.3 is 14.6 Å². The van der Waals surface area contributed by atoms with Gasteiger partial charge in [-0.1, -0.05) is 6.07 Å². The van der Waals surface area contributed by atoms with Crippen molar-refractivity contribution in [3.05, 3.63) is 87.2 Å². The number of non-ortho nitro benzene ring substituents is 1. The van der Waals surface area contributed by atoms with Gasteiger partial charge in [0.05, 0.1) is 11.5 Å². The van der Waals surface area contributed by atoms with Gasteiger partial charge in [0.25, 0.3) is 11.6 Å². The van der Waals surface area contributed by atoms with Crippen molar-refractivity contribution in [2.75, 3.05) is 11.9 Å². The van der Waals surface area contributed by atoms with Crippen molar-refractivity contribution in [2.24, 2.45) is 0 Å². The van der Waals surface area contributed by atoms with Gasteiger partial charge in [0, 0.05) is 41.0 Å². The van der Waals surface area contributed by atoms with Gasteiger partial charge >= 0.3 is 0 Å². The number of aromatic nitrogens is 1. The monoisotopic (exact) mass is 430 g/mol. The molecule has 2 aromatic carbocycles. The maximum atomic E-state index is 12.7. The van der Waals surface area contributed by atoms with Crippen LogP contribution >= 0.6 is 0 Å². The second-order valence-corrected chi connectivity index (χ2v) is 7.02. The first-order valence-electron chi connectivity index (χ1n) is 9.93. The van der Waals surface area contributed by atoms with Crippen LogP contribution in [0.3, 0.4) is 0 Å². The summed E-state index contributed by atoms with van der Waals surface area (Å²) in [7, 11) is 0. The summed E-state index contributed by atoms with van der Waals surface area (Å²) in [6.45, 7) is 6.12. The molecule has 162 valence electrons. The zero-order chi connectivity index (χ0) is 23.3. The highest BCUT2D eigenvalue weighted by Crippen LogP contribution is 2.25. The Labute approximate surface area is 185 Å². The maximum Gasteiger partial charge on any atom is 0.269 e. The van der Waals surface area contributed by atoms with Gasteiger partial charge in [-0.15, -0.1) is 0 Å². The number of hydrogen-bond donors (Lipinski definition) is 1. The predicted molar refractivity (Wildman–Crippen MR) is 122 cm³/mol. The van der Waals surface area contributed by atoms with Crippen LogP contribution in [-0.2, 0) is 4.79 Å². The molecule has 1 aromatic heterocycles. The lowest BCUT2D eigenvalue weighted by Crippen LogP contribution is -2.13. The van der Waals surface area contributed by atoms with Crippen molar-refractivity contribution in [3.63, 3.8) is 0 Å². The molecule has 32 heavy (non-hydrogen) atoms. The number of benzene rings is 2. The fourth-order valence-corrected chi connectivity index (χ4v) is 3.39. The third-order valence-corrected chi connectivity index (χ3v) is 4.86. The van der Waals surface area contributed by atoms with Gasteiger partial charge in [-0.25, -0.2) is 0 Å².